The maximum atomic E-state index is 4.40. The van der Waals surface area contributed by atoms with Crippen molar-refractivity contribution in [2.24, 2.45) is 0 Å². The highest BCUT2D eigenvalue weighted by molar-refractivity contribution is 8.00. The molecule has 122 valence electrons. The Morgan fingerprint density at radius 3 is 1.33 bits per heavy atom. The van der Waals surface area contributed by atoms with Gasteiger partial charge in [-0.3, -0.25) is 0 Å². The molecule has 0 unspecified atom stereocenters. The van der Waals surface area contributed by atoms with E-state index < -0.39 is 0 Å². The molecule has 0 atom stereocenters. The van der Waals surface area contributed by atoms with Gasteiger partial charge in [0.2, 0.25) is 0 Å². The molecule has 0 N–H and O–H groups in total. The highest BCUT2D eigenvalue weighted by atomic mass is 32.2. The molecule has 3 rings (SSSR count). The second-order valence-electron chi connectivity index (χ2n) is 5.70. The van der Waals surface area contributed by atoms with Crippen LogP contribution in [0.3, 0.4) is 0 Å². The molecular formula is C22H22S2. The second kappa shape index (κ2) is 8.46. The van der Waals surface area contributed by atoms with Gasteiger partial charge in [0, 0.05) is 0 Å². The zero-order chi connectivity index (χ0) is 16.7. The summed E-state index contributed by atoms with van der Waals surface area (Å²) in [7, 11) is 0. The van der Waals surface area contributed by atoms with Crippen LogP contribution in [0.2, 0.25) is 0 Å². The summed E-state index contributed by atoms with van der Waals surface area (Å²) >= 11 is 6.40. The number of hydrogen-bond donors (Lipinski definition) is 1. The summed E-state index contributed by atoms with van der Waals surface area (Å²) in [6.45, 7) is 0. The van der Waals surface area contributed by atoms with Gasteiger partial charge in [-0.05, 0) is 34.6 Å². The predicted molar refractivity (Wildman–Crippen MR) is 110 cm³/mol. The maximum absolute atomic E-state index is 4.40. The number of rotatable bonds is 7. The van der Waals surface area contributed by atoms with Crippen molar-refractivity contribution >= 4 is 24.4 Å². The minimum Gasteiger partial charge on any atom is -0.179 e. The molecule has 0 aromatic heterocycles. The number of thiol groups is 1. The minimum absolute atomic E-state index is 0.188. The highest BCUT2D eigenvalue weighted by Crippen LogP contribution is 2.48. The van der Waals surface area contributed by atoms with Crippen molar-refractivity contribution in [1.82, 2.24) is 0 Å². The van der Waals surface area contributed by atoms with Gasteiger partial charge < -0.3 is 0 Å². The monoisotopic (exact) mass is 350 g/mol. The van der Waals surface area contributed by atoms with E-state index in [-0.39, 0.29) is 4.75 Å². The van der Waals surface area contributed by atoms with Crippen molar-refractivity contribution in [3.05, 3.63) is 108 Å². The standard InChI is InChI=1S/C22H22S2/c23-17-10-18-24-22(19-11-4-1-5-12-19,20-13-6-2-7-14-20)21-15-8-3-9-16-21/h1-9,11-16,23H,10,17-18H2. The zero-order valence-corrected chi connectivity index (χ0v) is 15.3. The Balaban J connectivity index is 2.20. The predicted octanol–water partition coefficient (Wildman–Crippen LogP) is 6.03. The van der Waals surface area contributed by atoms with Crippen LogP contribution >= 0.6 is 24.4 Å². The van der Waals surface area contributed by atoms with Gasteiger partial charge in [-0.25, -0.2) is 0 Å². The van der Waals surface area contributed by atoms with Crippen molar-refractivity contribution in [3.63, 3.8) is 0 Å². The molecule has 0 heterocycles. The molecule has 0 saturated heterocycles. The third-order valence-electron chi connectivity index (χ3n) is 4.16. The summed E-state index contributed by atoms with van der Waals surface area (Å²) in [5.74, 6) is 1.99. The van der Waals surface area contributed by atoms with Crippen LogP contribution in [-0.4, -0.2) is 11.5 Å². The Morgan fingerprint density at radius 2 is 1.00 bits per heavy atom. The van der Waals surface area contributed by atoms with Crippen molar-refractivity contribution in [2.75, 3.05) is 11.5 Å². The quantitative estimate of drug-likeness (QED) is 0.308. The number of hydrogen-bond acceptors (Lipinski definition) is 2. The number of thioether (sulfide) groups is 1. The van der Waals surface area contributed by atoms with Gasteiger partial charge in [-0.2, -0.15) is 12.6 Å². The molecule has 0 fully saturated rings. The van der Waals surface area contributed by atoms with Gasteiger partial charge in [0.15, 0.2) is 0 Å². The summed E-state index contributed by atoms with van der Waals surface area (Å²) in [4.78, 5) is 0. The first-order valence-electron chi connectivity index (χ1n) is 8.29. The van der Waals surface area contributed by atoms with Crippen LogP contribution < -0.4 is 0 Å². The largest absolute Gasteiger partial charge is 0.179 e. The molecule has 0 aliphatic heterocycles. The lowest BCUT2D eigenvalue weighted by molar-refractivity contribution is 0.890. The fourth-order valence-electron chi connectivity index (χ4n) is 3.06. The molecular weight excluding hydrogens is 328 g/mol. The maximum Gasteiger partial charge on any atom is 0.0906 e. The van der Waals surface area contributed by atoms with E-state index in [2.05, 4.69) is 104 Å². The van der Waals surface area contributed by atoms with E-state index in [0.29, 0.717) is 0 Å². The first-order chi connectivity index (χ1) is 11.9. The topological polar surface area (TPSA) is 0 Å². The third-order valence-corrected chi connectivity index (χ3v) is 6.11. The van der Waals surface area contributed by atoms with Gasteiger partial charge in [0.1, 0.15) is 0 Å². The minimum atomic E-state index is -0.188. The van der Waals surface area contributed by atoms with E-state index in [1.807, 2.05) is 11.8 Å². The zero-order valence-electron chi connectivity index (χ0n) is 13.6. The molecule has 0 aliphatic rings. The van der Waals surface area contributed by atoms with E-state index in [1.54, 1.807) is 0 Å². The SMILES string of the molecule is SCCCSC(c1ccccc1)(c1ccccc1)c1ccccc1. The number of benzene rings is 3. The Kier molecular flexibility index (Phi) is 6.06. The Bertz CT molecular complexity index is 627. The first kappa shape index (κ1) is 17.2. The fraction of sp³-hybridized carbons (Fsp3) is 0.182. The van der Waals surface area contributed by atoms with Gasteiger partial charge in [0.05, 0.1) is 4.75 Å². The summed E-state index contributed by atoms with van der Waals surface area (Å²) in [6.07, 6.45) is 1.10. The summed E-state index contributed by atoms with van der Waals surface area (Å²) in [5.41, 5.74) is 3.98. The van der Waals surface area contributed by atoms with Gasteiger partial charge in [-0.1, -0.05) is 91.0 Å². The summed E-state index contributed by atoms with van der Waals surface area (Å²) < 4.78 is -0.188. The normalized spacial score (nSPS) is 11.4. The molecule has 0 amide bonds. The lowest BCUT2D eigenvalue weighted by Crippen LogP contribution is -2.26. The average Bonchev–Trinajstić information content (AvgIpc) is 2.68. The van der Waals surface area contributed by atoms with E-state index in [9.17, 15) is 0 Å². The Hall–Kier alpha value is -1.64. The van der Waals surface area contributed by atoms with Gasteiger partial charge >= 0.3 is 0 Å². The Morgan fingerprint density at radius 1 is 0.625 bits per heavy atom. The smallest absolute Gasteiger partial charge is 0.0906 e. The lowest BCUT2D eigenvalue weighted by atomic mass is 9.84. The third kappa shape index (κ3) is 3.55. The van der Waals surface area contributed by atoms with Crippen LogP contribution in [0.4, 0.5) is 0 Å². The Labute approximate surface area is 154 Å². The summed E-state index contributed by atoms with van der Waals surface area (Å²) in [6, 6.07) is 32.5. The van der Waals surface area contributed by atoms with Crippen LogP contribution in [-0.2, 0) is 4.75 Å². The van der Waals surface area contributed by atoms with E-state index in [0.717, 1.165) is 17.9 Å². The first-order valence-corrected chi connectivity index (χ1v) is 9.91. The van der Waals surface area contributed by atoms with Gasteiger partial charge in [0.25, 0.3) is 0 Å². The summed E-state index contributed by atoms with van der Waals surface area (Å²) in [5, 5.41) is 0. The molecule has 3 aromatic rings. The van der Waals surface area contributed by atoms with E-state index in [1.165, 1.54) is 16.7 Å². The molecule has 3 aromatic carbocycles. The molecule has 0 aliphatic carbocycles. The van der Waals surface area contributed by atoms with Crippen LogP contribution in [0.1, 0.15) is 23.1 Å². The second-order valence-corrected chi connectivity index (χ2v) is 7.46. The molecule has 0 nitrogen and oxygen atoms in total. The van der Waals surface area contributed by atoms with Crippen molar-refractivity contribution in [3.8, 4) is 0 Å². The molecule has 2 heteroatoms. The van der Waals surface area contributed by atoms with Crippen molar-refractivity contribution in [1.29, 1.82) is 0 Å². The lowest BCUT2D eigenvalue weighted by Gasteiger charge is -2.35. The molecule has 24 heavy (non-hydrogen) atoms. The van der Waals surface area contributed by atoms with Gasteiger partial charge in [-0.15, -0.1) is 11.8 Å². The molecule has 0 saturated carbocycles. The average molecular weight is 351 g/mol. The van der Waals surface area contributed by atoms with Crippen LogP contribution in [0.15, 0.2) is 91.0 Å². The molecule has 0 spiro atoms. The fourth-order valence-corrected chi connectivity index (χ4v) is 4.93. The van der Waals surface area contributed by atoms with Crippen LogP contribution in [0.25, 0.3) is 0 Å². The molecule has 0 bridgehead atoms. The van der Waals surface area contributed by atoms with Crippen molar-refractivity contribution < 1.29 is 0 Å². The van der Waals surface area contributed by atoms with E-state index >= 15 is 0 Å². The highest BCUT2D eigenvalue weighted by Gasteiger charge is 2.36. The van der Waals surface area contributed by atoms with E-state index in [4.69, 9.17) is 0 Å². The van der Waals surface area contributed by atoms with Crippen LogP contribution in [0.5, 0.6) is 0 Å². The molecule has 0 radical (unpaired) electrons. The van der Waals surface area contributed by atoms with Crippen molar-refractivity contribution in [2.45, 2.75) is 11.2 Å². The van der Waals surface area contributed by atoms with Crippen LogP contribution in [0, 0.1) is 0 Å².